The summed E-state index contributed by atoms with van der Waals surface area (Å²) in [5.74, 6) is 2.02. The number of hydrogen-bond acceptors (Lipinski definition) is 4. The number of pyridine rings is 1. The van der Waals surface area contributed by atoms with Crippen LogP contribution in [0.2, 0.25) is 0 Å². The molecule has 2 aromatic heterocycles. The Bertz CT molecular complexity index is 1200. The molecular formula is C26H28FN3O3. The molecule has 1 aromatic carbocycles. The summed E-state index contributed by atoms with van der Waals surface area (Å²) in [6.45, 7) is 1.66. The van der Waals surface area contributed by atoms with Crippen LogP contribution in [0, 0.1) is 23.6 Å². The van der Waals surface area contributed by atoms with E-state index in [0.717, 1.165) is 48.2 Å². The van der Waals surface area contributed by atoms with E-state index < -0.39 is 0 Å². The number of aliphatic hydroxyl groups excluding tert-OH is 1. The maximum absolute atomic E-state index is 14.0. The highest BCUT2D eigenvalue weighted by Gasteiger charge is 2.45. The van der Waals surface area contributed by atoms with Crippen molar-refractivity contribution in [3.8, 4) is 16.9 Å². The molecule has 2 saturated carbocycles. The molecule has 2 N–H and O–H groups in total. The lowest BCUT2D eigenvalue weighted by molar-refractivity contribution is -0.141. The molecule has 2 aliphatic carbocycles. The SMILES string of the molecule is COc1ccc(F)cc1-c1ccnc2[nH]c(C3CC4CN(C(=O)C5CC(O)C5)CC4C3)cc12. The van der Waals surface area contributed by atoms with Gasteiger partial charge in [0.1, 0.15) is 17.2 Å². The molecular weight excluding hydrogens is 421 g/mol. The summed E-state index contributed by atoms with van der Waals surface area (Å²) in [5.41, 5.74) is 3.58. The van der Waals surface area contributed by atoms with Crippen LogP contribution in [0.4, 0.5) is 4.39 Å². The van der Waals surface area contributed by atoms with E-state index in [4.69, 9.17) is 4.74 Å². The van der Waals surface area contributed by atoms with Gasteiger partial charge in [0.15, 0.2) is 0 Å². The number of methoxy groups -OCH3 is 1. The van der Waals surface area contributed by atoms with Crippen molar-refractivity contribution < 1.29 is 19.0 Å². The Hall–Kier alpha value is -2.93. The molecule has 3 heterocycles. The Labute approximate surface area is 191 Å². The lowest BCUT2D eigenvalue weighted by Crippen LogP contribution is -2.43. The highest BCUT2D eigenvalue weighted by Crippen LogP contribution is 2.47. The zero-order chi connectivity index (χ0) is 22.7. The van der Waals surface area contributed by atoms with Gasteiger partial charge < -0.3 is 19.7 Å². The normalized spacial score (nSPS) is 28.7. The summed E-state index contributed by atoms with van der Waals surface area (Å²) >= 11 is 0. The van der Waals surface area contributed by atoms with E-state index in [0.29, 0.717) is 41.9 Å². The van der Waals surface area contributed by atoms with Gasteiger partial charge in [0.25, 0.3) is 0 Å². The number of carbonyl (C=O) groups is 1. The average molecular weight is 450 g/mol. The van der Waals surface area contributed by atoms with Crippen LogP contribution in [0.1, 0.15) is 37.3 Å². The molecule has 33 heavy (non-hydrogen) atoms. The van der Waals surface area contributed by atoms with Crippen LogP contribution in [0.3, 0.4) is 0 Å². The zero-order valence-electron chi connectivity index (χ0n) is 18.6. The van der Waals surface area contributed by atoms with Gasteiger partial charge in [0, 0.05) is 41.8 Å². The third-order valence-corrected chi connectivity index (χ3v) is 7.97. The molecule has 2 unspecified atom stereocenters. The number of aliphatic hydroxyl groups is 1. The number of nitrogens with zero attached hydrogens (tertiary/aromatic N) is 2. The van der Waals surface area contributed by atoms with Crippen LogP contribution in [-0.4, -0.2) is 52.2 Å². The van der Waals surface area contributed by atoms with Crippen LogP contribution in [0.5, 0.6) is 5.75 Å². The summed E-state index contributed by atoms with van der Waals surface area (Å²) in [6.07, 6.45) is 4.78. The van der Waals surface area contributed by atoms with Crippen molar-refractivity contribution in [2.45, 2.75) is 37.7 Å². The van der Waals surface area contributed by atoms with Gasteiger partial charge in [-0.3, -0.25) is 4.79 Å². The first-order valence-corrected chi connectivity index (χ1v) is 11.8. The van der Waals surface area contributed by atoms with Crippen molar-refractivity contribution in [1.82, 2.24) is 14.9 Å². The van der Waals surface area contributed by atoms with E-state index in [1.165, 1.54) is 12.1 Å². The summed E-state index contributed by atoms with van der Waals surface area (Å²) < 4.78 is 19.5. The Balaban J connectivity index is 1.22. The van der Waals surface area contributed by atoms with Gasteiger partial charge >= 0.3 is 0 Å². The van der Waals surface area contributed by atoms with Crippen LogP contribution in [0.15, 0.2) is 36.5 Å². The minimum absolute atomic E-state index is 0.0210. The standard InChI is InChI=1S/C26H28FN3O3/c1-33-24-3-2-18(27)10-21(24)20-4-5-28-25-22(20)11-23(29-25)14-6-16-12-30(13-17(16)7-14)26(32)15-8-19(31)9-15/h2-5,10-11,14-17,19,31H,6-9,12-13H2,1H3,(H,28,29). The third kappa shape index (κ3) is 3.50. The van der Waals surface area contributed by atoms with Crippen molar-refractivity contribution in [3.05, 3.63) is 48.0 Å². The number of amides is 1. The van der Waals surface area contributed by atoms with Crippen molar-refractivity contribution in [3.63, 3.8) is 0 Å². The Kier molecular flexibility index (Phi) is 4.91. The molecule has 6 nitrogen and oxygen atoms in total. The number of fused-ring (bicyclic) bond motifs is 2. The summed E-state index contributed by atoms with van der Waals surface area (Å²) in [6, 6.07) is 8.63. The molecule has 1 aliphatic heterocycles. The third-order valence-electron chi connectivity index (χ3n) is 7.97. The minimum atomic E-state index is -0.300. The van der Waals surface area contributed by atoms with Gasteiger partial charge in [-0.1, -0.05) is 0 Å². The van der Waals surface area contributed by atoms with E-state index in [1.807, 2.05) is 11.0 Å². The molecule has 3 aromatic rings. The number of likely N-dealkylation sites (tertiary alicyclic amines) is 1. The Morgan fingerprint density at radius 2 is 1.88 bits per heavy atom. The van der Waals surface area contributed by atoms with Gasteiger partial charge in [-0.05, 0) is 79.3 Å². The highest BCUT2D eigenvalue weighted by molar-refractivity contribution is 5.95. The maximum atomic E-state index is 14.0. The number of aromatic nitrogens is 2. The average Bonchev–Trinajstić information content (AvgIpc) is 3.48. The van der Waals surface area contributed by atoms with Crippen molar-refractivity contribution >= 4 is 16.9 Å². The fourth-order valence-electron chi connectivity index (χ4n) is 6.17. The second-order valence-corrected chi connectivity index (χ2v) is 9.94. The number of aromatic amines is 1. The van der Waals surface area contributed by atoms with E-state index in [1.54, 1.807) is 19.4 Å². The molecule has 0 bridgehead atoms. The first-order valence-electron chi connectivity index (χ1n) is 11.8. The van der Waals surface area contributed by atoms with Crippen LogP contribution >= 0.6 is 0 Å². The monoisotopic (exact) mass is 449 g/mol. The number of rotatable bonds is 4. The molecule has 6 rings (SSSR count). The van der Waals surface area contributed by atoms with E-state index >= 15 is 0 Å². The number of nitrogens with one attached hydrogen (secondary N) is 1. The van der Waals surface area contributed by atoms with Gasteiger partial charge in [0.05, 0.1) is 13.2 Å². The number of benzene rings is 1. The number of hydrogen-bond donors (Lipinski definition) is 2. The van der Waals surface area contributed by atoms with Crippen LogP contribution in [-0.2, 0) is 4.79 Å². The van der Waals surface area contributed by atoms with Crippen molar-refractivity contribution in [2.24, 2.45) is 17.8 Å². The van der Waals surface area contributed by atoms with Crippen LogP contribution in [0.25, 0.3) is 22.2 Å². The Morgan fingerprint density at radius 3 is 2.58 bits per heavy atom. The second kappa shape index (κ2) is 7.83. The smallest absolute Gasteiger partial charge is 0.225 e. The van der Waals surface area contributed by atoms with Gasteiger partial charge in [-0.25, -0.2) is 9.37 Å². The molecule has 3 fully saturated rings. The zero-order valence-corrected chi connectivity index (χ0v) is 18.6. The second-order valence-electron chi connectivity index (χ2n) is 9.94. The summed E-state index contributed by atoms with van der Waals surface area (Å²) in [5, 5.41) is 10.5. The van der Waals surface area contributed by atoms with E-state index in [-0.39, 0.29) is 23.7 Å². The molecule has 0 radical (unpaired) electrons. The molecule has 1 saturated heterocycles. The number of carbonyl (C=O) groups excluding carboxylic acids is 1. The number of H-pyrrole nitrogens is 1. The molecule has 2 atom stereocenters. The Morgan fingerprint density at radius 1 is 1.12 bits per heavy atom. The predicted octanol–water partition coefficient (Wildman–Crippen LogP) is 4.10. The molecule has 172 valence electrons. The highest BCUT2D eigenvalue weighted by atomic mass is 19.1. The van der Waals surface area contributed by atoms with E-state index in [9.17, 15) is 14.3 Å². The minimum Gasteiger partial charge on any atom is -0.496 e. The maximum Gasteiger partial charge on any atom is 0.225 e. The summed E-state index contributed by atoms with van der Waals surface area (Å²) in [7, 11) is 1.59. The van der Waals surface area contributed by atoms with E-state index in [2.05, 4.69) is 16.0 Å². The number of halogens is 1. The molecule has 3 aliphatic rings. The summed E-state index contributed by atoms with van der Waals surface area (Å²) in [4.78, 5) is 22.7. The largest absolute Gasteiger partial charge is 0.496 e. The van der Waals surface area contributed by atoms with Gasteiger partial charge in [-0.2, -0.15) is 0 Å². The van der Waals surface area contributed by atoms with Crippen molar-refractivity contribution in [1.29, 1.82) is 0 Å². The topological polar surface area (TPSA) is 78.5 Å². The molecule has 7 heteroatoms. The predicted molar refractivity (Wildman–Crippen MR) is 122 cm³/mol. The first kappa shape index (κ1) is 20.7. The van der Waals surface area contributed by atoms with Crippen LogP contribution < -0.4 is 4.74 Å². The van der Waals surface area contributed by atoms with Crippen molar-refractivity contribution in [2.75, 3.05) is 20.2 Å². The fraction of sp³-hybridized carbons (Fsp3) is 0.462. The lowest BCUT2D eigenvalue weighted by Gasteiger charge is -2.33. The fourth-order valence-corrected chi connectivity index (χ4v) is 6.17. The first-order chi connectivity index (χ1) is 16.0. The lowest BCUT2D eigenvalue weighted by atomic mass is 9.81. The number of ether oxygens (including phenoxy) is 1. The quantitative estimate of drug-likeness (QED) is 0.629. The van der Waals surface area contributed by atoms with Gasteiger partial charge in [-0.15, -0.1) is 0 Å². The van der Waals surface area contributed by atoms with Gasteiger partial charge in [0.2, 0.25) is 5.91 Å². The molecule has 0 spiro atoms. The molecule has 1 amide bonds.